The molecule has 0 spiro atoms. The first-order chi connectivity index (χ1) is 19.3. The van der Waals surface area contributed by atoms with Gasteiger partial charge in [-0.1, -0.05) is 11.6 Å². The highest BCUT2D eigenvalue weighted by atomic mass is 35.5. The summed E-state index contributed by atoms with van der Waals surface area (Å²) in [6, 6.07) is 3.76. The summed E-state index contributed by atoms with van der Waals surface area (Å²) in [5.41, 5.74) is -1.59. The van der Waals surface area contributed by atoms with Gasteiger partial charge in [0.1, 0.15) is 5.82 Å². The van der Waals surface area contributed by atoms with Gasteiger partial charge < -0.3 is 25.2 Å². The van der Waals surface area contributed by atoms with E-state index in [9.17, 15) is 36.2 Å². The van der Waals surface area contributed by atoms with Crippen LogP contribution in [0.4, 0.5) is 43.8 Å². The quantitative estimate of drug-likeness (QED) is 0.207. The van der Waals surface area contributed by atoms with Crippen molar-refractivity contribution in [3.05, 3.63) is 75.7 Å². The molecule has 41 heavy (non-hydrogen) atoms. The van der Waals surface area contributed by atoms with Crippen LogP contribution in [0.5, 0.6) is 0 Å². The normalized spacial score (nSPS) is 16.0. The van der Waals surface area contributed by atoms with Gasteiger partial charge in [0.25, 0.3) is 5.91 Å². The molecule has 2 aromatic heterocycles. The summed E-state index contributed by atoms with van der Waals surface area (Å²) in [5.74, 6) is -5.43. The number of carbonyl (C=O) groups is 1. The third kappa shape index (κ3) is 5.61. The predicted molar refractivity (Wildman–Crippen MR) is 140 cm³/mol. The average molecular weight is 599 g/mol. The maximum atomic E-state index is 13.7. The van der Waals surface area contributed by atoms with Crippen molar-refractivity contribution in [2.24, 2.45) is 0 Å². The molecule has 4 aromatic rings. The van der Waals surface area contributed by atoms with Gasteiger partial charge in [0.15, 0.2) is 17.5 Å². The number of anilines is 3. The molecule has 1 saturated heterocycles. The highest BCUT2D eigenvalue weighted by Crippen LogP contribution is 2.36. The molecule has 1 aliphatic heterocycles. The van der Waals surface area contributed by atoms with Gasteiger partial charge in [-0.2, -0.15) is 13.2 Å². The molecule has 8 nitrogen and oxygen atoms in total. The molecule has 0 aliphatic carbocycles. The van der Waals surface area contributed by atoms with Crippen LogP contribution in [0.3, 0.4) is 0 Å². The molecular weight excluding hydrogens is 578 g/mol. The SMILES string of the molecule is C[C@@H]1CN(c2ncc(CO)cc2Cl)CCN1c1nc2cc(C(F)(F)F)cc(NC(=O)c3cc(F)c(F)c(F)c3)c2[nH]1. The minimum atomic E-state index is -4.79. The second-order valence-corrected chi connectivity index (χ2v) is 9.89. The highest BCUT2D eigenvalue weighted by Gasteiger charge is 2.33. The molecule has 3 N–H and O–H groups in total. The Morgan fingerprint density at radius 1 is 1.15 bits per heavy atom. The van der Waals surface area contributed by atoms with Crippen LogP contribution in [0, 0.1) is 17.5 Å². The van der Waals surface area contributed by atoms with E-state index in [2.05, 4.69) is 20.3 Å². The molecule has 0 bridgehead atoms. The van der Waals surface area contributed by atoms with Crippen molar-refractivity contribution in [3.8, 4) is 0 Å². The van der Waals surface area contributed by atoms with E-state index in [1.165, 1.54) is 6.20 Å². The number of carbonyl (C=O) groups excluding carboxylic acids is 1. The Morgan fingerprint density at radius 2 is 1.85 bits per heavy atom. The largest absolute Gasteiger partial charge is 0.416 e. The lowest BCUT2D eigenvalue weighted by Gasteiger charge is -2.40. The standard InChI is InChI=1S/C26H21ClF6N6O2/c1-12-10-38(23-16(27)4-13(11-40)9-34-23)2-3-39(12)25-36-20-8-15(26(31,32)33)7-19(22(20)37-25)35-24(41)14-5-17(28)21(30)18(29)6-14/h4-9,12,40H,2-3,10-11H2,1H3,(H,35,41)(H,36,37)/t12-/m1/s1. The number of rotatable bonds is 5. The molecule has 5 rings (SSSR count). The molecule has 1 amide bonds. The Kier molecular flexibility index (Phi) is 7.46. The number of pyridine rings is 1. The Morgan fingerprint density at radius 3 is 2.46 bits per heavy atom. The molecule has 0 radical (unpaired) electrons. The number of aromatic amines is 1. The van der Waals surface area contributed by atoms with E-state index >= 15 is 0 Å². The van der Waals surface area contributed by atoms with Gasteiger partial charge >= 0.3 is 6.18 Å². The number of amides is 1. The highest BCUT2D eigenvalue weighted by molar-refractivity contribution is 6.33. The summed E-state index contributed by atoms with van der Waals surface area (Å²) in [7, 11) is 0. The lowest BCUT2D eigenvalue weighted by Crippen LogP contribution is -2.52. The number of imidazole rings is 1. The number of aliphatic hydroxyl groups is 1. The molecule has 0 unspecified atom stereocenters. The maximum absolute atomic E-state index is 13.7. The van der Waals surface area contributed by atoms with Crippen molar-refractivity contribution >= 4 is 46.0 Å². The van der Waals surface area contributed by atoms with Gasteiger partial charge in [-0.25, -0.2) is 23.1 Å². The van der Waals surface area contributed by atoms with E-state index in [0.29, 0.717) is 54.2 Å². The topological polar surface area (TPSA) is 97.4 Å². The Labute approximate surface area is 233 Å². The third-order valence-corrected chi connectivity index (χ3v) is 6.94. The Balaban J connectivity index is 1.45. The van der Waals surface area contributed by atoms with Gasteiger partial charge in [-0.15, -0.1) is 0 Å². The first kappa shape index (κ1) is 28.5. The average Bonchev–Trinajstić information content (AvgIpc) is 3.35. The summed E-state index contributed by atoms with van der Waals surface area (Å²) in [6.45, 7) is 2.91. The van der Waals surface area contributed by atoms with Crippen LogP contribution in [0.15, 0.2) is 36.5 Å². The number of aromatic nitrogens is 3. The molecular formula is C26H21ClF6N6O2. The van der Waals surface area contributed by atoms with E-state index in [4.69, 9.17) is 11.6 Å². The minimum Gasteiger partial charge on any atom is -0.392 e. The van der Waals surface area contributed by atoms with Crippen LogP contribution in [0.1, 0.15) is 28.4 Å². The molecule has 15 heteroatoms. The summed E-state index contributed by atoms with van der Waals surface area (Å²) in [5, 5.41) is 11.9. The predicted octanol–water partition coefficient (Wildman–Crippen LogP) is 5.51. The van der Waals surface area contributed by atoms with E-state index in [1.54, 1.807) is 6.07 Å². The fraction of sp³-hybridized carbons (Fsp3) is 0.269. The smallest absolute Gasteiger partial charge is 0.392 e. The number of hydrogen-bond donors (Lipinski definition) is 3. The zero-order valence-corrected chi connectivity index (χ0v) is 21.9. The maximum Gasteiger partial charge on any atom is 0.416 e. The Bertz CT molecular complexity index is 1620. The summed E-state index contributed by atoms with van der Waals surface area (Å²) in [6.07, 6.45) is -3.28. The van der Waals surface area contributed by atoms with Crippen LogP contribution in [0.25, 0.3) is 11.0 Å². The summed E-state index contributed by atoms with van der Waals surface area (Å²) in [4.78, 5) is 28.1. The molecule has 1 aliphatic rings. The number of H-pyrrole nitrogens is 1. The van der Waals surface area contributed by atoms with Crippen LogP contribution >= 0.6 is 11.6 Å². The number of nitrogens with zero attached hydrogens (tertiary/aromatic N) is 4. The second-order valence-electron chi connectivity index (χ2n) is 9.48. The van der Waals surface area contributed by atoms with Gasteiger partial charge in [0.2, 0.25) is 5.95 Å². The van der Waals surface area contributed by atoms with Gasteiger partial charge in [0, 0.05) is 37.4 Å². The van der Waals surface area contributed by atoms with Gasteiger partial charge in [-0.3, -0.25) is 4.79 Å². The molecule has 2 aromatic carbocycles. The number of nitrogens with one attached hydrogen (secondary N) is 2. The zero-order valence-electron chi connectivity index (χ0n) is 21.2. The number of halogens is 7. The third-order valence-electron chi connectivity index (χ3n) is 6.66. The van der Waals surface area contributed by atoms with Crippen molar-refractivity contribution in [3.63, 3.8) is 0 Å². The lowest BCUT2D eigenvalue weighted by atomic mass is 10.1. The molecule has 216 valence electrons. The molecule has 3 heterocycles. The van der Waals surface area contributed by atoms with E-state index < -0.39 is 40.7 Å². The van der Waals surface area contributed by atoms with Crippen molar-refractivity contribution in [1.29, 1.82) is 0 Å². The number of aliphatic hydroxyl groups excluding tert-OH is 1. The molecule has 1 atom stereocenters. The van der Waals surface area contributed by atoms with Crippen molar-refractivity contribution in [2.75, 3.05) is 34.8 Å². The van der Waals surface area contributed by atoms with Crippen LogP contribution < -0.4 is 15.1 Å². The van der Waals surface area contributed by atoms with Crippen molar-refractivity contribution in [2.45, 2.75) is 25.7 Å². The van der Waals surface area contributed by atoms with Crippen LogP contribution in [-0.4, -0.2) is 51.6 Å². The number of piperazine rings is 1. The second kappa shape index (κ2) is 10.7. The lowest BCUT2D eigenvalue weighted by molar-refractivity contribution is -0.137. The fourth-order valence-electron chi connectivity index (χ4n) is 4.63. The first-order valence-electron chi connectivity index (χ1n) is 12.2. The minimum absolute atomic E-state index is 0.0448. The number of hydrogen-bond acceptors (Lipinski definition) is 6. The van der Waals surface area contributed by atoms with Gasteiger partial charge in [-0.05, 0) is 42.8 Å². The van der Waals surface area contributed by atoms with E-state index in [0.717, 1.165) is 6.07 Å². The number of fused-ring (bicyclic) bond motifs is 1. The van der Waals surface area contributed by atoms with Crippen molar-refractivity contribution < 1.29 is 36.2 Å². The summed E-state index contributed by atoms with van der Waals surface area (Å²) >= 11 is 6.34. The van der Waals surface area contributed by atoms with E-state index in [1.807, 2.05) is 16.7 Å². The van der Waals surface area contributed by atoms with Crippen LogP contribution in [-0.2, 0) is 12.8 Å². The molecule has 1 fully saturated rings. The monoisotopic (exact) mass is 598 g/mol. The van der Waals surface area contributed by atoms with Crippen LogP contribution in [0.2, 0.25) is 5.02 Å². The van der Waals surface area contributed by atoms with Crippen molar-refractivity contribution in [1.82, 2.24) is 15.0 Å². The van der Waals surface area contributed by atoms with E-state index in [-0.39, 0.29) is 35.3 Å². The van der Waals surface area contributed by atoms with Gasteiger partial charge in [0.05, 0.1) is 33.9 Å². The Hall–Kier alpha value is -4.04. The fourth-order valence-corrected chi connectivity index (χ4v) is 4.94. The zero-order chi connectivity index (χ0) is 29.6. The summed E-state index contributed by atoms with van der Waals surface area (Å²) < 4.78 is 81.7. The first-order valence-corrected chi connectivity index (χ1v) is 12.6. The molecule has 0 saturated carbocycles. The number of benzene rings is 2. The number of alkyl halides is 3.